The van der Waals surface area contributed by atoms with Crippen LogP contribution in [0, 0.1) is 11.8 Å². The van der Waals surface area contributed by atoms with Gasteiger partial charge in [-0.25, -0.2) is 4.79 Å². The van der Waals surface area contributed by atoms with Crippen molar-refractivity contribution in [2.45, 2.75) is 75.7 Å². The lowest BCUT2D eigenvalue weighted by atomic mass is 9.73. The molecule has 1 aromatic heterocycles. The van der Waals surface area contributed by atoms with Crippen LogP contribution in [0.2, 0.25) is 0 Å². The van der Waals surface area contributed by atoms with Crippen LogP contribution >= 0.6 is 0 Å². The molecule has 0 spiro atoms. The number of pyridine rings is 1. The van der Waals surface area contributed by atoms with Gasteiger partial charge in [0.15, 0.2) is 5.60 Å². The first-order chi connectivity index (χ1) is 18.7. The van der Waals surface area contributed by atoms with Crippen LogP contribution in [0.1, 0.15) is 64.0 Å². The van der Waals surface area contributed by atoms with E-state index in [0.717, 1.165) is 55.2 Å². The Morgan fingerprint density at radius 1 is 1.26 bits per heavy atom. The highest BCUT2D eigenvalue weighted by Gasteiger charge is 2.52. The third-order valence-corrected chi connectivity index (χ3v) is 8.89. The van der Waals surface area contributed by atoms with Gasteiger partial charge in [-0.2, -0.15) is 0 Å². The Morgan fingerprint density at radius 2 is 2.08 bits per heavy atom. The molecule has 39 heavy (non-hydrogen) atoms. The molecule has 2 unspecified atom stereocenters. The molecular formula is C31H40N2O6. The lowest BCUT2D eigenvalue weighted by Crippen LogP contribution is -2.57. The van der Waals surface area contributed by atoms with Gasteiger partial charge in [0.1, 0.15) is 11.9 Å². The van der Waals surface area contributed by atoms with Crippen molar-refractivity contribution in [3.05, 3.63) is 48.7 Å². The normalized spacial score (nSPS) is 30.4. The molecule has 2 aromatic rings. The summed E-state index contributed by atoms with van der Waals surface area (Å²) < 4.78 is 23.5. The SMILES string of the molecule is C=CC1CN2CC[C@@H]1C[C@H]2[C@H](OC(=O)[C@]1(CC(=O)OC)CCCC(C)(C)O1)c1ccnc2ccc(OC)cc12. The number of esters is 2. The Bertz CT molecular complexity index is 1240. The zero-order valence-electron chi connectivity index (χ0n) is 23.5. The first-order valence-electron chi connectivity index (χ1n) is 14.0. The van der Waals surface area contributed by atoms with Crippen molar-refractivity contribution < 1.29 is 28.5 Å². The molecule has 8 heteroatoms. The van der Waals surface area contributed by atoms with Crippen molar-refractivity contribution in [3.8, 4) is 5.75 Å². The number of nitrogens with zero attached hydrogens (tertiary/aromatic N) is 2. The summed E-state index contributed by atoms with van der Waals surface area (Å²) in [5.41, 5.74) is -0.292. The minimum absolute atomic E-state index is 0.0209. The first-order valence-corrected chi connectivity index (χ1v) is 14.0. The number of rotatable bonds is 8. The van der Waals surface area contributed by atoms with Crippen molar-refractivity contribution in [2.24, 2.45) is 11.8 Å². The highest BCUT2D eigenvalue weighted by atomic mass is 16.6. The molecule has 0 N–H and O–H groups in total. The van der Waals surface area contributed by atoms with Gasteiger partial charge in [-0.1, -0.05) is 6.08 Å². The van der Waals surface area contributed by atoms with E-state index in [1.807, 2.05) is 38.1 Å². The van der Waals surface area contributed by atoms with E-state index in [0.29, 0.717) is 24.0 Å². The lowest BCUT2D eigenvalue weighted by molar-refractivity contribution is -0.219. The Kier molecular flexibility index (Phi) is 7.71. The van der Waals surface area contributed by atoms with Gasteiger partial charge >= 0.3 is 11.9 Å². The van der Waals surface area contributed by atoms with Crippen molar-refractivity contribution in [1.29, 1.82) is 0 Å². The summed E-state index contributed by atoms with van der Waals surface area (Å²) >= 11 is 0. The first kappa shape index (κ1) is 27.6. The fraction of sp³-hybridized carbons (Fsp3) is 0.581. The van der Waals surface area contributed by atoms with Gasteiger partial charge in [-0.3, -0.25) is 14.7 Å². The second kappa shape index (κ2) is 10.9. The highest BCUT2D eigenvalue weighted by molar-refractivity contribution is 5.87. The summed E-state index contributed by atoms with van der Waals surface area (Å²) in [5, 5.41) is 0.879. The van der Waals surface area contributed by atoms with Crippen LogP contribution in [-0.4, -0.2) is 66.4 Å². The number of ether oxygens (including phenoxy) is 4. The van der Waals surface area contributed by atoms with Crippen LogP contribution in [0.25, 0.3) is 10.9 Å². The molecule has 2 bridgehead atoms. The van der Waals surface area contributed by atoms with Crippen molar-refractivity contribution in [1.82, 2.24) is 9.88 Å². The number of carbonyl (C=O) groups is 2. The maximum Gasteiger partial charge on any atom is 0.339 e. The number of aromatic nitrogens is 1. The summed E-state index contributed by atoms with van der Waals surface area (Å²) in [6.07, 6.45) is 6.99. The molecule has 210 valence electrons. The van der Waals surface area contributed by atoms with Gasteiger partial charge in [0.05, 0.1) is 37.8 Å². The molecule has 1 aromatic carbocycles. The number of benzene rings is 1. The van der Waals surface area contributed by atoms with E-state index in [9.17, 15) is 9.59 Å². The molecule has 6 rings (SSSR count). The molecule has 0 amide bonds. The third kappa shape index (κ3) is 5.41. The molecule has 0 saturated carbocycles. The average Bonchev–Trinajstić information content (AvgIpc) is 2.94. The highest BCUT2D eigenvalue weighted by Crippen LogP contribution is 2.46. The van der Waals surface area contributed by atoms with Gasteiger partial charge in [-0.05, 0) is 88.6 Å². The molecule has 0 radical (unpaired) electrons. The summed E-state index contributed by atoms with van der Waals surface area (Å²) in [5.74, 6) is 0.610. The largest absolute Gasteiger partial charge is 0.497 e. The van der Waals surface area contributed by atoms with E-state index in [1.54, 1.807) is 13.3 Å². The Morgan fingerprint density at radius 3 is 2.74 bits per heavy atom. The topological polar surface area (TPSA) is 87.2 Å². The second-order valence-corrected chi connectivity index (χ2v) is 11.8. The zero-order chi connectivity index (χ0) is 27.8. The van der Waals surface area contributed by atoms with Crippen LogP contribution < -0.4 is 4.74 Å². The van der Waals surface area contributed by atoms with Crippen LogP contribution in [0.3, 0.4) is 0 Å². The quantitative estimate of drug-likeness (QED) is 0.344. The fourth-order valence-corrected chi connectivity index (χ4v) is 6.86. The van der Waals surface area contributed by atoms with Crippen molar-refractivity contribution >= 4 is 22.8 Å². The number of fused-ring (bicyclic) bond motifs is 4. The summed E-state index contributed by atoms with van der Waals surface area (Å²) in [7, 11) is 2.96. The van der Waals surface area contributed by atoms with Gasteiger partial charge in [-0.15, -0.1) is 6.58 Å². The molecule has 0 aliphatic carbocycles. The van der Waals surface area contributed by atoms with Crippen LogP contribution in [0.5, 0.6) is 5.75 Å². The maximum atomic E-state index is 14.2. The van der Waals surface area contributed by atoms with Gasteiger partial charge in [0.25, 0.3) is 0 Å². The van der Waals surface area contributed by atoms with E-state index in [2.05, 4.69) is 22.5 Å². The van der Waals surface area contributed by atoms with Crippen molar-refractivity contribution in [3.63, 3.8) is 0 Å². The maximum absolute atomic E-state index is 14.2. The van der Waals surface area contributed by atoms with Gasteiger partial charge in [0, 0.05) is 23.7 Å². The fourth-order valence-electron chi connectivity index (χ4n) is 6.86. The number of methoxy groups -OCH3 is 2. The standard InChI is InChI=1S/C31H40N2O6/c1-6-20-19-33-15-11-21(20)16-26(33)28(23-10-14-32-25-9-8-22(36-4)17-24(23)25)38-29(35)31(18-27(34)37-5)13-7-12-30(2,3)39-31/h6,8-10,14,17,20-21,26,28H,1,7,11-13,15-16,18-19H2,2-5H3/t20?,21-,26+,28-,31-/m1/s1. The molecule has 4 fully saturated rings. The molecule has 8 nitrogen and oxygen atoms in total. The molecule has 6 atom stereocenters. The third-order valence-electron chi connectivity index (χ3n) is 8.89. The molecule has 4 saturated heterocycles. The zero-order valence-corrected chi connectivity index (χ0v) is 23.5. The van der Waals surface area contributed by atoms with Gasteiger partial charge in [0.2, 0.25) is 0 Å². The lowest BCUT2D eigenvalue weighted by Gasteiger charge is -2.51. The molecular weight excluding hydrogens is 496 g/mol. The van der Waals surface area contributed by atoms with Gasteiger partial charge < -0.3 is 18.9 Å². The number of carbonyl (C=O) groups excluding carboxylic acids is 2. The Hall–Kier alpha value is -2.97. The predicted molar refractivity (Wildman–Crippen MR) is 147 cm³/mol. The monoisotopic (exact) mass is 536 g/mol. The van der Waals surface area contributed by atoms with E-state index >= 15 is 0 Å². The Labute approximate surface area is 230 Å². The minimum atomic E-state index is -1.40. The van der Waals surface area contributed by atoms with E-state index in [1.165, 1.54) is 7.11 Å². The van der Waals surface area contributed by atoms with E-state index in [-0.39, 0.29) is 12.5 Å². The average molecular weight is 537 g/mol. The number of hydrogen-bond acceptors (Lipinski definition) is 8. The smallest absolute Gasteiger partial charge is 0.339 e. The molecule has 5 heterocycles. The summed E-state index contributed by atoms with van der Waals surface area (Å²) in [6, 6.07) is 7.67. The van der Waals surface area contributed by atoms with Crippen LogP contribution in [-0.2, 0) is 23.8 Å². The number of piperidine rings is 3. The van der Waals surface area contributed by atoms with E-state index < -0.39 is 29.2 Å². The Balaban J connectivity index is 1.57. The second-order valence-electron chi connectivity index (χ2n) is 11.8. The van der Waals surface area contributed by atoms with Crippen molar-refractivity contribution in [2.75, 3.05) is 27.3 Å². The van der Waals surface area contributed by atoms with Crippen LogP contribution in [0.4, 0.5) is 0 Å². The summed E-state index contributed by atoms with van der Waals surface area (Å²) in [6.45, 7) is 9.79. The minimum Gasteiger partial charge on any atom is -0.497 e. The van der Waals surface area contributed by atoms with E-state index in [4.69, 9.17) is 18.9 Å². The molecule has 4 aliphatic rings. The number of hydrogen-bond donors (Lipinski definition) is 0. The summed E-state index contributed by atoms with van der Waals surface area (Å²) in [4.78, 5) is 33.8. The van der Waals surface area contributed by atoms with Crippen LogP contribution in [0.15, 0.2) is 43.1 Å². The molecule has 4 aliphatic heterocycles. The predicted octanol–water partition coefficient (Wildman–Crippen LogP) is 5.01.